The first-order valence-electron chi connectivity index (χ1n) is 13.7. The summed E-state index contributed by atoms with van der Waals surface area (Å²) < 4.78 is 33.3. The largest absolute Gasteiger partial charge is 0.384 e. The first-order valence-corrected chi connectivity index (χ1v) is 15.2. The summed E-state index contributed by atoms with van der Waals surface area (Å²) in [6.45, 7) is 5.76. The Morgan fingerprint density at radius 1 is 1.18 bits per heavy atom. The van der Waals surface area contributed by atoms with E-state index >= 15 is 0 Å². The van der Waals surface area contributed by atoms with Crippen molar-refractivity contribution in [2.45, 2.75) is 82.1 Å². The molecule has 0 spiro atoms. The lowest BCUT2D eigenvalue weighted by molar-refractivity contribution is -0.128. The van der Waals surface area contributed by atoms with Gasteiger partial charge in [-0.3, -0.25) is 4.79 Å². The van der Waals surface area contributed by atoms with Crippen LogP contribution in [-0.4, -0.2) is 68.7 Å². The molecular weight excluding hydrogens is 504 g/mol. The number of hydrogen-bond acceptors (Lipinski definition) is 8. The van der Waals surface area contributed by atoms with Gasteiger partial charge in [0.1, 0.15) is 6.17 Å². The number of sulfonamides is 1. The molecule has 1 amide bonds. The second-order valence-electron chi connectivity index (χ2n) is 12.0. The Morgan fingerprint density at radius 3 is 2.74 bits per heavy atom. The zero-order valence-electron chi connectivity index (χ0n) is 22.6. The number of fused-ring (bicyclic) bond motifs is 2. The second-order valence-corrected chi connectivity index (χ2v) is 13.9. The van der Waals surface area contributed by atoms with Crippen LogP contribution in [0.25, 0.3) is 0 Å². The summed E-state index contributed by atoms with van der Waals surface area (Å²) in [6.07, 6.45) is 5.58. The van der Waals surface area contributed by atoms with Crippen LogP contribution in [0.15, 0.2) is 23.1 Å². The van der Waals surface area contributed by atoms with E-state index in [1.165, 1.54) is 4.31 Å². The number of methoxy groups -OCH3 is 1. The summed E-state index contributed by atoms with van der Waals surface area (Å²) in [6, 6.07) is 7.95. The third-order valence-corrected chi connectivity index (χ3v) is 10.3. The Morgan fingerprint density at radius 2 is 1.97 bits per heavy atom. The van der Waals surface area contributed by atoms with E-state index in [2.05, 4.69) is 27.1 Å². The first kappa shape index (κ1) is 27.3. The maximum absolute atomic E-state index is 13.2. The maximum Gasteiger partial charge on any atom is 0.243 e. The van der Waals surface area contributed by atoms with Crippen molar-refractivity contribution < 1.29 is 17.9 Å². The molecule has 5 rings (SSSR count). The number of nitrogens with one attached hydrogen (secondary N) is 3. The topological polar surface area (TPSA) is 127 Å². The van der Waals surface area contributed by atoms with Gasteiger partial charge in [-0.1, -0.05) is 33.1 Å². The average molecular weight is 545 g/mol. The molecule has 10 nitrogen and oxygen atoms in total. The SMILES string of the molecule is COCC(C)(C)CN1Cc2cc(NC3NN([C@@H]4CCCCC[C@H]4C#N)C4CCNC(=O)C34)ccc2S1(=O)=O. The first-order chi connectivity index (χ1) is 18.1. The van der Waals surface area contributed by atoms with E-state index in [4.69, 9.17) is 4.74 Å². The van der Waals surface area contributed by atoms with Gasteiger partial charge in [-0.15, -0.1) is 0 Å². The molecule has 3 fully saturated rings. The van der Waals surface area contributed by atoms with E-state index in [-0.39, 0.29) is 41.4 Å². The van der Waals surface area contributed by atoms with Gasteiger partial charge >= 0.3 is 0 Å². The number of piperidine rings is 1. The summed E-state index contributed by atoms with van der Waals surface area (Å²) >= 11 is 0. The number of rotatable bonds is 7. The van der Waals surface area contributed by atoms with Gasteiger partial charge in [0.25, 0.3) is 0 Å². The molecule has 0 aromatic heterocycles. The summed E-state index contributed by atoms with van der Waals surface area (Å²) in [4.78, 5) is 13.4. The molecule has 4 aliphatic rings. The predicted molar refractivity (Wildman–Crippen MR) is 143 cm³/mol. The third kappa shape index (κ3) is 5.17. The van der Waals surface area contributed by atoms with Crippen LogP contribution < -0.4 is 16.1 Å². The highest BCUT2D eigenvalue weighted by molar-refractivity contribution is 7.89. The molecule has 2 saturated heterocycles. The van der Waals surface area contributed by atoms with E-state index < -0.39 is 10.0 Å². The van der Waals surface area contributed by atoms with Crippen LogP contribution in [0.5, 0.6) is 0 Å². The molecule has 3 aliphatic heterocycles. The van der Waals surface area contributed by atoms with Gasteiger partial charge < -0.3 is 15.4 Å². The number of hydrazine groups is 1. The maximum atomic E-state index is 13.2. The molecule has 208 valence electrons. The van der Waals surface area contributed by atoms with Crippen LogP contribution in [0.4, 0.5) is 5.69 Å². The van der Waals surface area contributed by atoms with Crippen molar-refractivity contribution in [3.63, 3.8) is 0 Å². The van der Waals surface area contributed by atoms with Crippen molar-refractivity contribution in [3.8, 4) is 6.07 Å². The van der Waals surface area contributed by atoms with E-state index in [0.29, 0.717) is 31.1 Å². The fourth-order valence-electron chi connectivity index (χ4n) is 6.77. The highest BCUT2D eigenvalue weighted by atomic mass is 32.2. The number of hydrogen-bond donors (Lipinski definition) is 3. The third-order valence-electron chi connectivity index (χ3n) is 8.45. The summed E-state index contributed by atoms with van der Waals surface area (Å²) in [5.41, 5.74) is 4.78. The minimum absolute atomic E-state index is 0.00571. The molecule has 0 bridgehead atoms. The van der Waals surface area contributed by atoms with E-state index in [0.717, 1.165) is 49.8 Å². The van der Waals surface area contributed by atoms with Crippen molar-refractivity contribution in [3.05, 3.63) is 23.8 Å². The molecule has 11 heteroatoms. The van der Waals surface area contributed by atoms with Crippen LogP contribution in [0.1, 0.15) is 57.9 Å². The fourth-order valence-corrected chi connectivity index (χ4v) is 8.57. The minimum Gasteiger partial charge on any atom is -0.384 e. The molecule has 1 saturated carbocycles. The molecule has 3 unspecified atom stereocenters. The monoisotopic (exact) mass is 544 g/mol. The number of benzene rings is 1. The summed E-state index contributed by atoms with van der Waals surface area (Å²) in [5.74, 6) is -0.367. The molecule has 1 aromatic rings. The molecule has 0 radical (unpaired) electrons. The Bertz CT molecular complexity index is 1200. The summed E-state index contributed by atoms with van der Waals surface area (Å²) in [5, 5.41) is 18.6. The van der Waals surface area contributed by atoms with Gasteiger partial charge in [0.05, 0.1) is 29.4 Å². The zero-order chi connectivity index (χ0) is 27.1. The van der Waals surface area contributed by atoms with E-state index in [9.17, 15) is 18.5 Å². The predicted octanol–water partition coefficient (Wildman–Crippen LogP) is 2.40. The number of nitrogens with zero attached hydrogens (tertiary/aromatic N) is 3. The van der Waals surface area contributed by atoms with Crippen LogP contribution >= 0.6 is 0 Å². The lowest BCUT2D eigenvalue weighted by atomic mass is 9.88. The lowest BCUT2D eigenvalue weighted by Gasteiger charge is -2.36. The second kappa shape index (κ2) is 10.7. The fraction of sp³-hybridized carbons (Fsp3) is 0.704. The van der Waals surface area contributed by atoms with Crippen molar-refractivity contribution in [2.75, 3.05) is 32.1 Å². The Hall–Kier alpha value is -2.23. The lowest BCUT2D eigenvalue weighted by Crippen LogP contribution is -2.53. The van der Waals surface area contributed by atoms with E-state index in [1.807, 2.05) is 19.9 Å². The van der Waals surface area contributed by atoms with Crippen molar-refractivity contribution in [1.82, 2.24) is 20.1 Å². The number of amides is 1. The number of nitriles is 1. The average Bonchev–Trinajstić information content (AvgIpc) is 3.21. The van der Waals surface area contributed by atoms with Crippen molar-refractivity contribution >= 4 is 21.6 Å². The van der Waals surface area contributed by atoms with Gasteiger partial charge in [-0.25, -0.2) is 18.9 Å². The van der Waals surface area contributed by atoms with Crippen LogP contribution in [0.2, 0.25) is 0 Å². The van der Waals surface area contributed by atoms with Crippen molar-refractivity contribution in [1.29, 1.82) is 5.26 Å². The number of anilines is 1. The highest BCUT2D eigenvalue weighted by Gasteiger charge is 2.51. The quantitative estimate of drug-likeness (QED) is 0.447. The Kier molecular flexibility index (Phi) is 7.73. The highest BCUT2D eigenvalue weighted by Crippen LogP contribution is 2.38. The molecule has 1 aliphatic carbocycles. The van der Waals surface area contributed by atoms with Gasteiger partial charge in [-0.05, 0) is 43.0 Å². The van der Waals surface area contributed by atoms with Crippen LogP contribution in [0, 0.1) is 28.6 Å². The number of carbonyl (C=O) groups is 1. The smallest absolute Gasteiger partial charge is 0.243 e. The number of carbonyl (C=O) groups excluding carboxylic acids is 1. The molecule has 3 N–H and O–H groups in total. The number of ether oxygens (including phenoxy) is 1. The van der Waals surface area contributed by atoms with Gasteiger partial charge in [0.15, 0.2) is 0 Å². The minimum atomic E-state index is -3.57. The van der Waals surface area contributed by atoms with Gasteiger partial charge in [-0.2, -0.15) is 9.57 Å². The zero-order valence-corrected chi connectivity index (χ0v) is 23.4. The molecule has 1 aromatic carbocycles. The molecule has 38 heavy (non-hydrogen) atoms. The Balaban J connectivity index is 1.36. The van der Waals surface area contributed by atoms with Gasteiger partial charge in [0, 0.05) is 49.9 Å². The standard InChI is InChI=1S/C27H40N6O4S/c1-27(2,17-37-3)16-32-15-19-13-20(9-10-23(19)38(32,35)36)30-25-24-22(11-12-29-26(24)34)33(31-25)21-8-6-4-5-7-18(21)14-28/h9-10,13,18,21-22,24-25,30-31H,4-8,11-12,15-17H2,1-3H3,(H,29,34)/t18-,21+,22?,24?,25?/m0/s1. The van der Waals surface area contributed by atoms with E-state index in [1.54, 1.807) is 19.2 Å². The van der Waals surface area contributed by atoms with Crippen molar-refractivity contribution in [2.24, 2.45) is 17.3 Å². The molecule has 3 heterocycles. The summed E-state index contributed by atoms with van der Waals surface area (Å²) in [7, 11) is -1.95. The van der Waals surface area contributed by atoms with Crippen LogP contribution in [0.3, 0.4) is 0 Å². The van der Waals surface area contributed by atoms with Gasteiger partial charge in [0.2, 0.25) is 15.9 Å². The Labute approximate surface area is 226 Å². The normalized spacial score (nSPS) is 31.6. The molecular formula is C27H40N6O4S. The molecule has 5 atom stereocenters. The van der Waals surface area contributed by atoms with Crippen LogP contribution in [-0.2, 0) is 26.1 Å².